The highest BCUT2D eigenvalue weighted by Crippen LogP contribution is 2.48. The summed E-state index contributed by atoms with van der Waals surface area (Å²) in [6, 6.07) is 11.9. The van der Waals surface area contributed by atoms with E-state index in [2.05, 4.69) is 16.0 Å². The maximum atomic E-state index is 12.7. The Morgan fingerprint density at radius 3 is 2.07 bits per heavy atom. The van der Waals surface area contributed by atoms with E-state index in [1.165, 1.54) is 6.92 Å². The number of benzene rings is 2. The van der Waals surface area contributed by atoms with E-state index in [9.17, 15) is 14.4 Å². The molecule has 1 aliphatic heterocycles. The van der Waals surface area contributed by atoms with Gasteiger partial charge in [-0.25, -0.2) is 0 Å². The molecule has 8 nitrogen and oxygen atoms in total. The number of amides is 3. The molecule has 2 aliphatic rings. The van der Waals surface area contributed by atoms with Crippen LogP contribution < -0.4 is 25.4 Å². The van der Waals surface area contributed by atoms with Gasteiger partial charge in [-0.05, 0) is 43.2 Å². The van der Waals surface area contributed by atoms with Crippen LogP contribution >= 0.6 is 0 Å². The van der Waals surface area contributed by atoms with Crippen LogP contribution in [-0.4, -0.2) is 24.5 Å². The van der Waals surface area contributed by atoms with Gasteiger partial charge in [-0.1, -0.05) is 6.07 Å². The van der Waals surface area contributed by atoms with Crippen molar-refractivity contribution in [1.82, 2.24) is 0 Å². The van der Waals surface area contributed by atoms with Crippen molar-refractivity contribution < 1.29 is 23.9 Å². The van der Waals surface area contributed by atoms with Gasteiger partial charge in [0.25, 0.3) is 0 Å². The van der Waals surface area contributed by atoms with Crippen molar-refractivity contribution in [3.8, 4) is 11.5 Å². The second kappa shape index (κ2) is 6.88. The van der Waals surface area contributed by atoms with E-state index in [-0.39, 0.29) is 24.5 Å². The topological polar surface area (TPSA) is 106 Å². The molecule has 0 bridgehead atoms. The molecule has 3 N–H and O–H groups in total. The fraction of sp³-hybridized carbons (Fsp3) is 0.250. The normalized spacial score (nSPS) is 15.5. The van der Waals surface area contributed by atoms with E-state index in [1.807, 2.05) is 0 Å². The van der Waals surface area contributed by atoms with Crippen molar-refractivity contribution in [2.45, 2.75) is 19.8 Å². The second-order valence-corrected chi connectivity index (χ2v) is 6.82. The number of carbonyl (C=O) groups excluding carboxylic acids is 3. The summed E-state index contributed by atoms with van der Waals surface area (Å²) in [5, 5.41) is 8.21. The SMILES string of the molecule is CC(=O)Nc1cccc(NC(=O)C2(C(=O)Nc3ccc4c(c3)OCO4)CC2)c1. The van der Waals surface area contributed by atoms with Gasteiger partial charge in [0.2, 0.25) is 24.5 Å². The van der Waals surface area contributed by atoms with Crippen molar-refractivity contribution in [3.63, 3.8) is 0 Å². The van der Waals surface area contributed by atoms with E-state index in [1.54, 1.807) is 42.5 Å². The van der Waals surface area contributed by atoms with Gasteiger partial charge in [0, 0.05) is 30.1 Å². The first-order valence-corrected chi connectivity index (χ1v) is 8.86. The number of nitrogens with one attached hydrogen (secondary N) is 3. The molecule has 0 aromatic heterocycles. The zero-order valence-electron chi connectivity index (χ0n) is 15.2. The summed E-state index contributed by atoms with van der Waals surface area (Å²) in [7, 11) is 0. The highest BCUT2D eigenvalue weighted by atomic mass is 16.7. The Labute approximate surface area is 161 Å². The molecule has 144 valence electrons. The van der Waals surface area contributed by atoms with Gasteiger partial charge < -0.3 is 25.4 Å². The fourth-order valence-electron chi connectivity index (χ4n) is 3.04. The minimum absolute atomic E-state index is 0.149. The molecule has 8 heteroatoms. The smallest absolute Gasteiger partial charge is 0.240 e. The standard InChI is InChI=1S/C20H19N3O5/c1-12(24)21-13-3-2-4-14(9-13)22-18(25)20(7-8-20)19(26)23-15-5-6-16-17(10-15)28-11-27-16/h2-6,9-10H,7-8,11H2,1H3,(H,21,24)(H,22,25)(H,23,26). The first-order chi connectivity index (χ1) is 13.5. The number of hydrogen-bond acceptors (Lipinski definition) is 5. The van der Waals surface area contributed by atoms with Gasteiger partial charge in [-0.3, -0.25) is 14.4 Å². The maximum absolute atomic E-state index is 12.7. The third-order valence-electron chi connectivity index (χ3n) is 4.69. The van der Waals surface area contributed by atoms with Crippen LogP contribution in [0.1, 0.15) is 19.8 Å². The third kappa shape index (κ3) is 3.48. The molecule has 0 atom stereocenters. The molecular weight excluding hydrogens is 362 g/mol. The lowest BCUT2D eigenvalue weighted by atomic mass is 10.0. The predicted octanol–water partition coefficient (Wildman–Crippen LogP) is 2.73. The van der Waals surface area contributed by atoms with Gasteiger partial charge in [-0.15, -0.1) is 0 Å². The molecule has 28 heavy (non-hydrogen) atoms. The number of fused-ring (bicyclic) bond motifs is 1. The van der Waals surface area contributed by atoms with Gasteiger partial charge in [-0.2, -0.15) is 0 Å². The molecule has 3 amide bonds. The molecular formula is C20H19N3O5. The zero-order valence-corrected chi connectivity index (χ0v) is 15.2. The van der Waals surface area contributed by atoms with Gasteiger partial charge in [0.1, 0.15) is 5.41 Å². The van der Waals surface area contributed by atoms with E-state index < -0.39 is 5.41 Å². The largest absolute Gasteiger partial charge is 0.454 e. The van der Waals surface area contributed by atoms with E-state index in [4.69, 9.17) is 9.47 Å². The lowest BCUT2D eigenvalue weighted by molar-refractivity contribution is -0.131. The summed E-state index contributed by atoms with van der Waals surface area (Å²) >= 11 is 0. The van der Waals surface area contributed by atoms with E-state index >= 15 is 0 Å². The lowest BCUT2D eigenvalue weighted by Gasteiger charge is -2.16. The van der Waals surface area contributed by atoms with Crippen molar-refractivity contribution in [3.05, 3.63) is 42.5 Å². The number of rotatable bonds is 5. The first kappa shape index (κ1) is 17.8. The second-order valence-electron chi connectivity index (χ2n) is 6.82. The summed E-state index contributed by atoms with van der Waals surface area (Å²) in [5.41, 5.74) is 0.528. The number of hydrogen-bond donors (Lipinski definition) is 3. The first-order valence-electron chi connectivity index (χ1n) is 8.86. The van der Waals surface area contributed by atoms with Crippen LogP contribution in [0.4, 0.5) is 17.1 Å². The van der Waals surface area contributed by atoms with Crippen molar-refractivity contribution in [1.29, 1.82) is 0 Å². The van der Waals surface area contributed by atoms with E-state index in [0.29, 0.717) is 41.4 Å². The molecule has 0 radical (unpaired) electrons. The maximum Gasteiger partial charge on any atom is 0.240 e. The average Bonchev–Trinajstić information content (AvgIpc) is 3.34. The Hall–Kier alpha value is -3.55. The van der Waals surface area contributed by atoms with Crippen LogP contribution in [0.3, 0.4) is 0 Å². The molecule has 1 saturated carbocycles. The highest BCUT2D eigenvalue weighted by molar-refractivity contribution is 6.17. The van der Waals surface area contributed by atoms with Gasteiger partial charge in [0.05, 0.1) is 0 Å². The Morgan fingerprint density at radius 2 is 1.43 bits per heavy atom. The minimum Gasteiger partial charge on any atom is -0.454 e. The molecule has 0 spiro atoms. The van der Waals surface area contributed by atoms with Crippen LogP contribution in [0, 0.1) is 5.41 Å². The number of carbonyl (C=O) groups is 3. The van der Waals surface area contributed by atoms with Crippen LogP contribution in [0.5, 0.6) is 11.5 Å². The lowest BCUT2D eigenvalue weighted by Crippen LogP contribution is -2.35. The summed E-state index contributed by atoms with van der Waals surface area (Å²) in [6.45, 7) is 1.56. The molecule has 2 aromatic rings. The van der Waals surface area contributed by atoms with Gasteiger partial charge >= 0.3 is 0 Å². The molecule has 0 unspecified atom stereocenters. The van der Waals surface area contributed by atoms with Crippen molar-refractivity contribution in [2.75, 3.05) is 22.7 Å². The number of anilines is 3. The van der Waals surface area contributed by atoms with Crippen LogP contribution in [0.15, 0.2) is 42.5 Å². The molecule has 0 saturated heterocycles. The summed E-state index contributed by atoms with van der Waals surface area (Å²) in [4.78, 5) is 36.7. The molecule has 1 heterocycles. The third-order valence-corrected chi connectivity index (χ3v) is 4.69. The quantitative estimate of drug-likeness (QED) is 0.691. The minimum atomic E-state index is -1.10. The number of ether oxygens (including phenoxy) is 2. The Bertz CT molecular complexity index is 968. The summed E-state index contributed by atoms with van der Waals surface area (Å²) < 4.78 is 10.6. The zero-order chi connectivity index (χ0) is 19.7. The van der Waals surface area contributed by atoms with Crippen LogP contribution in [0.25, 0.3) is 0 Å². The molecule has 4 rings (SSSR count). The van der Waals surface area contributed by atoms with Crippen LogP contribution in [0.2, 0.25) is 0 Å². The Balaban J connectivity index is 1.44. The van der Waals surface area contributed by atoms with Crippen molar-refractivity contribution >= 4 is 34.8 Å². The molecule has 1 fully saturated rings. The van der Waals surface area contributed by atoms with Crippen molar-refractivity contribution in [2.24, 2.45) is 5.41 Å². The molecule has 1 aliphatic carbocycles. The predicted molar refractivity (Wildman–Crippen MR) is 102 cm³/mol. The molecule has 2 aromatic carbocycles. The fourth-order valence-corrected chi connectivity index (χ4v) is 3.04. The monoisotopic (exact) mass is 381 g/mol. The van der Waals surface area contributed by atoms with Crippen LogP contribution in [-0.2, 0) is 14.4 Å². The summed E-state index contributed by atoms with van der Waals surface area (Å²) in [6.07, 6.45) is 0.946. The highest BCUT2D eigenvalue weighted by Gasteiger charge is 2.56. The summed E-state index contributed by atoms with van der Waals surface area (Å²) in [5.74, 6) is 0.246. The Morgan fingerprint density at radius 1 is 0.821 bits per heavy atom. The average molecular weight is 381 g/mol. The Kier molecular flexibility index (Phi) is 4.38. The van der Waals surface area contributed by atoms with Gasteiger partial charge in [0.15, 0.2) is 11.5 Å². The van der Waals surface area contributed by atoms with E-state index in [0.717, 1.165) is 0 Å².